The van der Waals surface area contributed by atoms with Crippen LogP contribution in [-0.2, 0) is 6.54 Å². The zero-order chi connectivity index (χ0) is 14.8. The van der Waals surface area contributed by atoms with Crippen LogP contribution >= 0.6 is 0 Å². The quantitative estimate of drug-likeness (QED) is 0.642. The summed E-state index contributed by atoms with van der Waals surface area (Å²) < 4.78 is 1.61. The normalized spacial score (nSPS) is 17.7. The van der Waals surface area contributed by atoms with Gasteiger partial charge in [-0.3, -0.25) is 14.9 Å². The van der Waals surface area contributed by atoms with Gasteiger partial charge in [-0.25, -0.2) is 0 Å². The number of aromatic nitrogens is 1. The topological polar surface area (TPSA) is 89.2 Å². The van der Waals surface area contributed by atoms with E-state index in [0.717, 1.165) is 25.9 Å². The van der Waals surface area contributed by atoms with Crippen LogP contribution in [0.25, 0.3) is 0 Å². The second kappa shape index (κ2) is 5.62. The summed E-state index contributed by atoms with van der Waals surface area (Å²) in [5.41, 5.74) is 0.0476. The molecule has 2 N–H and O–H groups in total. The Morgan fingerprint density at radius 2 is 2.20 bits per heavy atom. The maximum absolute atomic E-state index is 12.4. The molecule has 0 unspecified atom stereocenters. The van der Waals surface area contributed by atoms with Gasteiger partial charge < -0.3 is 15.2 Å². The minimum absolute atomic E-state index is 0.0486. The Kier molecular flexibility index (Phi) is 4.08. The average Bonchev–Trinajstić information content (AvgIpc) is 2.83. The van der Waals surface area contributed by atoms with Crippen LogP contribution in [0, 0.1) is 10.1 Å². The molecular weight excluding hydrogens is 260 g/mol. The summed E-state index contributed by atoms with van der Waals surface area (Å²) in [6, 6.07) is 1.34. The highest BCUT2D eigenvalue weighted by Gasteiger charge is 2.30. The van der Waals surface area contributed by atoms with E-state index in [9.17, 15) is 14.9 Å². The lowest BCUT2D eigenvalue weighted by Gasteiger charge is -2.35. The zero-order valence-corrected chi connectivity index (χ0v) is 11.8. The fraction of sp³-hybridized carbons (Fsp3) is 0.615. The van der Waals surface area contributed by atoms with Gasteiger partial charge in [0.15, 0.2) is 0 Å². The number of piperidine rings is 1. The van der Waals surface area contributed by atoms with Gasteiger partial charge in [-0.1, -0.05) is 0 Å². The van der Waals surface area contributed by atoms with Crippen molar-refractivity contribution in [2.24, 2.45) is 0 Å². The number of rotatable bonds is 4. The molecule has 0 saturated carbocycles. The van der Waals surface area contributed by atoms with Crippen LogP contribution in [0.5, 0.6) is 0 Å². The Balaban J connectivity index is 2.18. The third-order valence-electron chi connectivity index (χ3n) is 3.79. The van der Waals surface area contributed by atoms with Crippen LogP contribution in [0.1, 0.15) is 37.2 Å². The van der Waals surface area contributed by atoms with Gasteiger partial charge in [0.1, 0.15) is 5.69 Å². The highest BCUT2D eigenvalue weighted by molar-refractivity contribution is 5.94. The van der Waals surface area contributed by atoms with Crippen molar-refractivity contribution in [2.75, 3.05) is 13.1 Å². The van der Waals surface area contributed by atoms with Crippen LogP contribution in [0.15, 0.2) is 12.3 Å². The molecule has 1 amide bonds. The van der Waals surface area contributed by atoms with Crippen LogP contribution in [-0.4, -0.2) is 34.0 Å². The number of hydrogen-bond donors (Lipinski definition) is 2. The number of carbonyl (C=O) groups is 1. The first-order valence-corrected chi connectivity index (χ1v) is 6.83. The Hall–Kier alpha value is -1.89. The van der Waals surface area contributed by atoms with Crippen molar-refractivity contribution < 1.29 is 9.72 Å². The van der Waals surface area contributed by atoms with Gasteiger partial charge in [-0.05, 0) is 39.8 Å². The third kappa shape index (κ3) is 2.98. The first-order valence-electron chi connectivity index (χ1n) is 6.83. The lowest BCUT2D eigenvalue weighted by atomic mass is 9.90. The lowest BCUT2D eigenvalue weighted by Crippen LogP contribution is -2.52. The summed E-state index contributed by atoms with van der Waals surface area (Å²) in [5, 5.41) is 17.1. The first kappa shape index (κ1) is 14.5. The van der Waals surface area contributed by atoms with Gasteiger partial charge in [0.05, 0.1) is 11.1 Å². The number of carbonyl (C=O) groups excluding carboxylic acids is 1. The minimum atomic E-state index is -0.477. The zero-order valence-electron chi connectivity index (χ0n) is 11.8. The molecule has 1 aromatic heterocycles. The van der Waals surface area contributed by atoms with Crippen molar-refractivity contribution in [3.8, 4) is 0 Å². The highest BCUT2D eigenvalue weighted by Crippen LogP contribution is 2.20. The van der Waals surface area contributed by atoms with Crippen molar-refractivity contribution in [3.05, 3.63) is 28.1 Å². The third-order valence-corrected chi connectivity index (χ3v) is 3.79. The summed E-state index contributed by atoms with van der Waals surface area (Å²) in [6.07, 6.45) is 3.11. The summed E-state index contributed by atoms with van der Waals surface area (Å²) in [6.45, 7) is 6.12. The van der Waals surface area contributed by atoms with Crippen molar-refractivity contribution >= 4 is 11.6 Å². The molecule has 2 heterocycles. The number of hydrogen-bond acceptors (Lipinski definition) is 4. The van der Waals surface area contributed by atoms with E-state index >= 15 is 0 Å². The van der Waals surface area contributed by atoms with Crippen molar-refractivity contribution in [2.45, 2.75) is 38.8 Å². The molecule has 110 valence electrons. The fourth-order valence-corrected chi connectivity index (χ4v) is 2.49. The van der Waals surface area contributed by atoms with Crippen molar-refractivity contribution in [1.29, 1.82) is 0 Å². The van der Waals surface area contributed by atoms with E-state index < -0.39 is 4.92 Å². The van der Waals surface area contributed by atoms with E-state index in [4.69, 9.17) is 0 Å². The molecule has 1 fully saturated rings. The predicted octanol–water partition coefficient (Wildman–Crippen LogP) is 1.29. The largest absolute Gasteiger partial charge is 0.346 e. The number of amides is 1. The summed E-state index contributed by atoms with van der Waals surface area (Å²) in [5.74, 6) is -0.246. The second-order valence-electron chi connectivity index (χ2n) is 5.39. The van der Waals surface area contributed by atoms with E-state index in [0.29, 0.717) is 12.2 Å². The minimum Gasteiger partial charge on any atom is -0.346 e. The predicted molar refractivity (Wildman–Crippen MR) is 74.7 cm³/mol. The molecule has 0 bridgehead atoms. The molecule has 20 heavy (non-hydrogen) atoms. The van der Waals surface area contributed by atoms with Gasteiger partial charge >= 0.3 is 0 Å². The van der Waals surface area contributed by atoms with Crippen LogP contribution in [0.3, 0.4) is 0 Å². The molecule has 0 spiro atoms. The number of aryl methyl sites for hydroxylation is 1. The summed E-state index contributed by atoms with van der Waals surface area (Å²) in [7, 11) is 0. The molecule has 1 aromatic rings. The van der Waals surface area contributed by atoms with Crippen LogP contribution in [0.4, 0.5) is 5.69 Å². The monoisotopic (exact) mass is 280 g/mol. The Bertz CT molecular complexity index is 518. The van der Waals surface area contributed by atoms with Gasteiger partial charge in [-0.2, -0.15) is 0 Å². The van der Waals surface area contributed by atoms with Crippen molar-refractivity contribution in [1.82, 2.24) is 15.2 Å². The molecule has 0 atom stereocenters. The molecule has 1 aliphatic heterocycles. The fourth-order valence-electron chi connectivity index (χ4n) is 2.49. The van der Waals surface area contributed by atoms with Gasteiger partial charge in [0.25, 0.3) is 11.6 Å². The Morgan fingerprint density at radius 3 is 2.75 bits per heavy atom. The van der Waals surface area contributed by atoms with E-state index in [1.54, 1.807) is 4.57 Å². The maximum Gasteiger partial charge on any atom is 0.287 e. The SMILES string of the molecule is CCn1cc([N+](=O)[O-])cc1C(=O)NC1(C)CCNCC1. The Labute approximate surface area is 117 Å². The van der Waals surface area contributed by atoms with Crippen molar-refractivity contribution in [3.63, 3.8) is 0 Å². The second-order valence-corrected chi connectivity index (χ2v) is 5.39. The Morgan fingerprint density at radius 1 is 1.55 bits per heavy atom. The first-order chi connectivity index (χ1) is 9.45. The lowest BCUT2D eigenvalue weighted by molar-refractivity contribution is -0.384. The van der Waals surface area contributed by atoms with Crippen LogP contribution in [0.2, 0.25) is 0 Å². The standard InChI is InChI=1S/C13H20N4O3/c1-3-16-9-10(17(19)20)8-11(16)12(18)15-13(2)4-6-14-7-5-13/h8-9,14H,3-7H2,1-2H3,(H,15,18). The van der Waals surface area contributed by atoms with E-state index in [2.05, 4.69) is 10.6 Å². The molecule has 2 rings (SSSR count). The molecule has 0 aromatic carbocycles. The van der Waals surface area contributed by atoms with Gasteiger partial charge in [-0.15, -0.1) is 0 Å². The number of nitrogens with one attached hydrogen (secondary N) is 2. The summed E-state index contributed by atoms with van der Waals surface area (Å²) >= 11 is 0. The summed E-state index contributed by atoms with van der Waals surface area (Å²) in [4.78, 5) is 22.7. The van der Waals surface area contributed by atoms with Gasteiger partial charge in [0.2, 0.25) is 0 Å². The van der Waals surface area contributed by atoms with E-state index in [1.807, 2.05) is 13.8 Å². The van der Waals surface area contributed by atoms with E-state index in [1.165, 1.54) is 12.3 Å². The molecule has 7 heteroatoms. The average molecular weight is 280 g/mol. The molecular formula is C13H20N4O3. The molecule has 1 saturated heterocycles. The maximum atomic E-state index is 12.4. The van der Waals surface area contributed by atoms with E-state index in [-0.39, 0.29) is 17.1 Å². The molecule has 0 aliphatic carbocycles. The number of nitro groups is 1. The smallest absolute Gasteiger partial charge is 0.287 e. The molecule has 1 aliphatic rings. The van der Waals surface area contributed by atoms with Crippen LogP contribution < -0.4 is 10.6 Å². The molecule has 7 nitrogen and oxygen atoms in total. The highest BCUT2D eigenvalue weighted by atomic mass is 16.6. The van der Waals surface area contributed by atoms with Gasteiger partial charge in [0, 0.05) is 18.2 Å². The molecule has 0 radical (unpaired) electrons. The number of nitrogens with zero attached hydrogens (tertiary/aromatic N) is 2.